The van der Waals surface area contributed by atoms with Crippen molar-refractivity contribution in [3.8, 4) is 0 Å². The zero-order chi connectivity index (χ0) is 17.0. The molecule has 0 aliphatic rings. The summed E-state index contributed by atoms with van der Waals surface area (Å²) >= 11 is 0. The van der Waals surface area contributed by atoms with Crippen molar-refractivity contribution in [2.45, 2.75) is 9.79 Å². The van der Waals surface area contributed by atoms with Crippen LogP contribution in [0.15, 0.2) is 58.3 Å². The number of rotatable bonds is 4. The van der Waals surface area contributed by atoms with Gasteiger partial charge in [0.2, 0.25) is 9.84 Å². The zero-order valence-corrected chi connectivity index (χ0v) is 13.5. The highest BCUT2D eigenvalue weighted by Crippen LogP contribution is 2.21. The topological polar surface area (TPSA) is 92.3 Å². The Morgan fingerprint density at radius 2 is 1.00 bits per heavy atom. The predicted octanol–water partition coefficient (Wildman–Crippen LogP) is 1.24. The molecule has 0 aliphatic heterocycles. The van der Waals surface area contributed by atoms with Gasteiger partial charge in [-0.1, -0.05) is 0 Å². The van der Waals surface area contributed by atoms with Crippen molar-refractivity contribution < 1.29 is 18.0 Å². The minimum atomic E-state index is -3.70. The van der Waals surface area contributed by atoms with Crippen LogP contribution in [0.25, 0.3) is 0 Å². The van der Waals surface area contributed by atoms with Crippen molar-refractivity contribution >= 4 is 21.7 Å². The molecule has 0 bridgehead atoms. The van der Waals surface area contributed by atoms with Gasteiger partial charge in [-0.05, 0) is 48.5 Å². The Kier molecular flexibility index (Phi) is 4.80. The van der Waals surface area contributed by atoms with Crippen LogP contribution in [0.3, 0.4) is 0 Å². The van der Waals surface area contributed by atoms with Gasteiger partial charge in [-0.25, -0.2) is 8.42 Å². The number of benzene rings is 2. The lowest BCUT2D eigenvalue weighted by atomic mass is 10.2. The Bertz CT molecular complexity index is 760. The molecule has 2 aromatic rings. The summed E-state index contributed by atoms with van der Waals surface area (Å²) in [5, 5.41) is 4.93. The molecular formula is C16H16N2O4S. The fourth-order valence-electron chi connectivity index (χ4n) is 2.00. The highest BCUT2D eigenvalue weighted by molar-refractivity contribution is 7.91. The number of carbonyl (C=O) groups excluding carboxylic acids is 2. The third-order valence-electron chi connectivity index (χ3n) is 3.31. The summed E-state index contributed by atoms with van der Waals surface area (Å²) in [6.07, 6.45) is 0. The molecule has 0 fully saturated rings. The largest absolute Gasteiger partial charge is 0.355 e. The van der Waals surface area contributed by atoms with Gasteiger partial charge in [0.1, 0.15) is 0 Å². The third-order valence-corrected chi connectivity index (χ3v) is 5.09. The molecule has 120 valence electrons. The minimum Gasteiger partial charge on any atom is -0.355 e. The van der Waals surface area contributed by atoms with E-state index >= 15 is 0 Å². The average Bonchev–Trinajstić information content (AvgIpc) is 2.60. The highest BCUT2D eigenvalue weighted by atomic mass is 32.2. The second kappa shape index (κ2) is 6.62. The van der Waals surface area contributed by atoms with Gasteiger partial charge in [0.05, 0.1) is 9.79 Å². The molecule has 2 N–H and O–H groups in total. The molecule has 0 heterocycles. The number of carbonyl (C=O) groups is 2. The van der Waals surface area contributed by atoms with E-state index in [1.807, 2.05) is 0 Å². The van der Waals surface area contributed by atoms with E-state index in [2.05, 4.69) is 10.6 Å². The first-order chi connectivity index (χ1) is 10.9. The van der Waals surface area contributed by atoms with E-state index in [4.69, 9.17) is 0 Å². The van der Waals surface area contributed by atoms with Gasteiger partial charge in [0.15, 0.2) is 0 Å². The Hall–Kier alpha value is -2.67. The monoisotopic (exact) mass is 332 g/mol. The second-order valence-corrected chi connectivity index (χ2v) is 6.66. The summed E-state index contributed by atoms with van der Waals surface area (Å²) in [5.41, 5.74) is 0.753. The van der Waals surface area contributed by atoms with E-state index in [-0.39, 0.29) is 21.6 Å². The second-order valence-electron chi connectivity index (χ2n) is 4.71. The quantitative estimate of drug-likeness (QED) is 0.881. The summed E-state index contributed by atoms with van der Waals surface area (Å²) < 4.78 is 25.1. The molecule has 0 radical (unpaired) electrons. The van der Waals surface area contributed by atoms with E-state index in [0.29, 0.717) is 11.1 Å². The first kappa shape index (κ1) is 16.7. The smallest absolute Gasteiger partial charge is 0.251 e. The molecule has 0 spiro atoms. The molecule has 7 heteroatoms. The summed E-state index contributed by atoms with van der Waals surface area (Å²) in [6, 6.07) is 11.3. The molecule has 0 saturated carbocycles. The summed E-state index contributed by atoms with van der Waals surface area (Å²) in [4.78, 5) is 23.1. The van der Waals surface area contributed by atoms with E-state index in [9.17, 15) is 18.0 Å². The van der Waals surface area contributed by atoms with Crippen LogP contribution >= 0.6 is 0 Å². The normalized spacial score (nSPS) is 10.9. The van der Waals surface area contributed by atoms with Crippen LogP contribution in [0, 0.1) is 0 Å². The van der Waals surface area contributed by atoms with E-state index < -0.39 is 9.84 Å². The third kappa shape index (κ3) is 3.40. The highest BCUT2D eigenvalue weighted by Gasteiger charge is 2.18. The Morgan fingerprint density at radius 3 is 1.26 bits per heavy atom. The maximum absolute atomic E-state index is 12.5. The van der Waals surface area contributed by atoms with Gasteiger partial charge in [0, 0.05) is 25.2 Å². The van der Waals surface area contributed by atoms with Gasteiger partial charge in [0.25, 0.3) is 11.8 Å². The molecule has 0 aliphatic carbocycles. The van der Waals surface area contributed by atoms with E-state index in [0.717, 1.165) is 0 Å². The van der Waals surface area contributed by atoms with Crippen molar-refractivity contribution in [2.24, 2.45) is 0 Å². The van der Waals surface area contributed by atoms with E-state index in [1.54, 1.807) is 0 Å². The lowest BCUT2D eigenvalue weighted by molar-refractivity contribution is 0.0955. The van der Waals surface area contributed by atoms with Crippen LogP contribution in [0.5, 0.6) is 0 Å². The molecule has 0 aromatic heterocycles. The van der Waals surface area contributed by atoms with Gasteiger partial charge >= 0.3 is 0 Å². The Balaban J connectivity index is 2.34. The van der Waals surface area contributed by atoms with Crippen LogP contribution in [0.1, 0.15) is 20.7 Å². The molecule has 0 saturated heterocycles. The van der Waals surface area contributed by atoms with Crippen molar-refractivity contribution in [2.75, 3.05) is 14.1 Å². The van der Waals surface area contributed by atoms with Gasteiger partial charge in [-0.3, -0.25) is 9.59 Å². The molecule has 2 aromatic carbocycles. The fourth-order valence-corrected chi connectivity index (χ4v) is 3.26. The molecular weight excluding hydrogens is 316 g/mol. The van der Waals surface area contributed by atoms with Crippen molar-refractivity contribution in [3.63, 3.8) is 0 Å². The van der Waals surface area contributed by atoms with Crippen LogP contribution in [0.2, 0.25) is 0 Å². The van der Waals surface area contributed by atoms with Gasteiger partial charge < -0.3 is 10.6 Å². The summed E-state index contributed by atoms with van der Waals surface area (Å²) in [6.45, 7) is 0. The first-order valence-corrected chi connectivity index (χ1v) is 8.28. The first-order valence-electron chi connectivity index (χ1n) is 6.79. The Morgan fingerprint density at radius 1 is 0.696 bits per heavy atom. The Labute approximate surface area is 134 Å². The van der Waals surface area contributed by atoms with Crippen LogP contribution < -0.4 is 10.6 Å². The fraction of sp³-hybridized carbons (Fsp3) is 0.125. The van der Waals surface area contributed by atoms with E-state index in [1.165, 1.54) is 62.6 Å². The number of amides is 2. The summed E-state index contributed by atoms with van der Waals surface area (Å²) in [7, 11) is -0.699. The molecule has 2 amide bonds. The zero-order valence-electron chi connectivity index (χ0n) is 12.7. The van der Waals surface area contributed by atoms with Gasteiger partial charge in [-0.15, -0.1) is 0 Å². The summed E-state index contributed by atoms with van der Waals surface area (Å²) in [5.74, 6) is -0.576. The maximum atomic E-state index is 12.5. The van der Waals surface area contributed by atoms with Crippen LogP contribution in [0.4, 0.5) is 0 Å². The molecule has 6 nitrogen and oxygen atoms in total. The molecule has 0 atom stereocenters. The molecule has 2 rings (SSSR count). The SMILES string of the molecule is CNC(=O)c1ccc(S(=O)(=O)c2ccc(C(=O)NC)cc2)cc1. The van der Waals surface area contributed by atoms with Crippen LogP contribution in [-0.4, -0.2) is 34.3 Å². The maximum Gasteiger partial charge on any atom is 0.251 e. The molecule has 0 unspecified atom stereocenters. The lowest BCUT2D eigenvalue weighted by Gasteiger charge is -2.07. The number of hydrogen-bond donors (Lipinski definition) is 2. The lowest BCUT2D eigenvalue weighted by Crippen LogP contribution is -2.18. The minimum absolute atomic E-state index is 0.0813. The standard InChI is InChI=1S/C16H16N2O4S/c1-17-15(19)11-3-7-13(8-4-11)23(21,22)14-9-5-12(6-10-14)16(20)18-2/h3-10H,1-2H3,(H,17,19)(H,18,20). The van der Waals surface area contributed by atoms with Crippen molar-refractivity contribution in [3.05, 3.63) is 59.7 Å². The molecule has 23 heavy (non-hydrogen) atoms. The van der Waals surface area contributed by atoms with Crippen LogP contribution in [-0.2, 0) is 9.84 Å². The number of nitrogens with one attached hydrogen (secondary N) is 2. The van der Waals surface area contributed by atoms with Crippen molar-refractivity contribution in [1.29, 1.82) is 0 Å². The number of hydrogen-bond acceptors (Lipinski definition) is 4. The van der Waals surface area contributed by atoms with Gasteiger partial charge in [-0.2, -0.15) is 0 Å². The predicted molar refractivity (Wildman–Crippen MR) is 85.1 cm³/mol. The average molecular weight is 332 g/mol. The number of sulfone groups is 1. The van der Waals surface area contributed by atoms with Crippen molar-refractivity contribution in [1.82, 2.24) is 10.6 Å².